The highest BCUT2D eigenvalue weighted by atomic mass is 16.5. The Bertz CT molecular complexity index is 1400. The number of carbonyl (C=O) groups is 2. The first-order valence-corrected chi connectivity index (χ1v) is 11.7. The Morgan fingerprint density at radius 1 is 0.765 bits per heavy atom. The Morgan fingerprint density at radius 2 is 1.47 bits per heavy atom. The molecule has 4 aromatic rings. The van der Waals surface area contributed by atoms with E-state index in [4.69, 9.17) is 4.74 Å². The topological polar surface area (TPSA) is 61.9 Å². The van der Waals surface area contributed by atoms with Gasteiger partial charge in [0.1, 0.15) is 0 Å². The number of fused-ring (bicyclic) bond motifs is 1. The number of hydrogen-bond donors (Lipinski definition) is 1. The van der Waals surface area contributed by atoms with E-state index in [1.807, 2.05) is 72.8 Å². The number of nitrogens with zero attached hydrogens (tertiary/aromatic N) is 2. The maximum atomic E-state index is 13.7. The van der Waals surface area contributed by atoms with Gasteiger partial charge in [0, 0.05) is 59.2 Å². The fourth-order valence-corrected chi connectivity index (χ4v) is 5.05. The van der Waals surface area contributed by atoms with Crippen LogP contribution in [0.2, 0.25) is 0 Å². The first-order chi connectivity index (χ1) is 16.7. The van der Waals surface area contributed by atoms with Crippen LogP contribution >= 0.6 is 0 Å². The third-order valence-electron chi connectivity index (χ3n) is 6.76. The number of imide groups is 1. The zero-order valence-corrected chi connectivity index (χ0v) is 18.8. The summed E-state index contributed by atoms with van der Waals surface area (Å²) in [5, 5.41) is 7.01. The van der Waals surface area contributed by atoms with Crippen LogP contribution in [0.15, 0.2) is 72.8 Å². The predicted molar refractivity (Wildman–Crippen MR) is 135 cm³/mol. The summed E-state index contributed by atoms with van der Waals surface area (Å²) in [6.45, 7) is 5.13. The monoisotopic (exact) mass is 451 g/mol. The summed E-state index contributed by atoms with van der Waals surface area (Å²) in [5.74, 6) is -0.574. The minimum Gasteiger partial charge on any atom is -0.383 e. The van der Waals surface area contributed by atoms with Gasteiger partial charge < -0.3 is 10.1 Å². The Morgan fingerprint density at radius 3 is 2.32 bits per heavy atom. The Kier molecular flexibility index (Phi) is 5.24. The second-order valence-electron chi connectivity index (χ2n) is 8.71. The number of benzene rings is 4. The highest BCUT2D eigenvalue weighted by molar-refractivity contribution is 6.37. The van der Waals surface area contributed by atoms with Gasteiger partial charge in [0.15, 0.2) is 0 Å². The average molecular weight is 452 g/mol. The fraction of sp³-hybridized carbons (Fsp3) is 0.214. The summed E-state index contributed by atoms with van der Waals surface area (Å²) >= 11 is 0. The van der Waals surface area contributed by atoms with Crippen LogP contribution in [0.1, 0.15) is 20.7 Å². The molecule has 0 radical (unpaired) electrons. The van der Waals surface area contributed by atoms with Crippen molar-refractivity contribution in [3.8, 4) is 0 Å². The molecule has 34 heavy (non-hydrogen) atoms. The molecule has 1 fully saturated rings. The van der Waals surface area contributed by atoms with Crippen LogP contribution in [0, 0.1) is 0 Å². The number of rotatable bonds is 5. The van der Waals surface area contributed by atoms with E-state index in [9.17, 15) is 9.59 Å². The second kappa shape index (κ2) is 8.56. The summed E-state index contributed by atoms with van der Waals surface area (Å²) in [4.78, 5) is 31.0. The van der Waals surface area contributed by atoms with Crippen molar-refractivity contribution >= 4 is 44.7 Å². The number of ether oxygens (including phenoxy) is 1. The van der Waals surface area contributed by atoms with Crippen LogP contribution in [0.3, 0.4) is 0 Å². The fourth-order valence-electron chi connectivity index (χ4n) is 5.05. The highest BCUT2D eigenvalue weighted by Crippen LogP contribution is 2.38. The quantitative estimate of drug-likeness (QED) is 0.452. The SMILES string of the molecule is O=C1c2cccc3c(NCCN4CCOCC4)ccc(c23)C(=O)N1c1cccc2ccccc12. The third-order valence-corrected chi connectivity index (χ3v) is 6.76. The van der Waals surface area contributed by atoms with Gasteiger partial charge >= 0.3 is 0 Å². The van der Waals surface area contributed by atoms with Crippen LogP contribution in [0.25, 0.3) is 21.5 Å². The molecule has 2 amide bonds. The smallest absolute Gasteiger partial charge is 0.266 e. The molecular weight excluding hydrogens is 426 g/mol. The average Bonchev–Trinajstić information content (AvgIpc) is 2.88. The summed E-state index contributed by atoms with van der Waals surface area (Å²) in [6.07, 6.45) is 0. The number of nitrogens with one attached hydrogen (secondary N) is 1. The molecule has 2 aliphatic heterocycles. The first kappa shape index (κ1) is 20.8. The van der Waals surface area contributed by atoms with E-state index in [0.717, 1.165) is 66.6 Å². The number of morpholine rings is 1. The number of carbonyl (C=O) groups excluding carboxylic acids is 2. The maximum Gasteiger partial charge on any atom is 0.266 e. The molecule has 1 N–H and O–H groups in total. The molecule has 170 valence electrons. The molecule has 1 saturated heterocycles. The van der Waals surface area contributed by atoms with Crippen LogP contribution in [-0.2, 0) is 4.74 Å². The van der Waals surface area contributed by atoms with Crippen molar-refractivity contribution in [2.45, 2.75) is 0 Å². The Labute approximate surface area is 197 Å². The van der Waals surface area contributed by atoms with Gasteiger partial charge in [-0.2, -0.15) is 0 Å². The van der Waals surface area contributed by atoms with E-state index in [1.54, 1.807) is 0 Å². The minimum absolute atomic E-state index is 0.287. The summed E-state index contributed by atoms with van der Waals surface area (Å²) in [5.41, 5.74) is 2.66. The Hall–Kier alpha value is -3.74. The van der Waals surface area contributed by atoms with E-state index in [0.29, 0.717) is 16.8 Å². The van der Waals surface area contributed by atoms with Gasteiger partial charge in [-0.1, -0.05) is 48.5 Å². The second-order valence-corrected chi connectivity index (χ2v) is 8.71. The molecule has 0 bridgehead atoms. The molecule has 0 unspecified atom stereocenters. The van der Waals surface area contributed by atoms with Crippen LogP contribution in [0.5, 0.6) is 0 Å². The van der Waals surface area contributed by atoms with Crippen molar-refractivity contribution in [3.63, 3.8) is 0 Å². The molecule has 2 heterocycles. The number of amides is 2. The largest absolute Gasteiger partial charge is 0.383 e. The third kappa shape index (κ3) is 3.43. The normalized spacial score (nSPS) is 16.4. The van der Waals surface area contributed by atoms with Gasteiger partial charge in [-0.3, -0.25) is 14.5 Å². The van der Waals surface area contributed by atoms with Crippen molar-refractivity contribution in [2.75, 3.05) is 49.6 Å². The van der Waals surface area contributed by atoms with E-state index >= 15 is 0 Å². The van der Waals surface area contributed by atoms with Crippen LogP contribution in [-0.4, -0.2) is 56.1 Å². The van der Waals surface area contributed by atoms with Crippen LogP contribution in [0.4, 0.5) is 11.4 Å². The zero-order valence-electron chi connectivity index (χ0n) is 18.8. The van der Waals surface area contributed by atoms with Crippen molar-refractivity contribution in [1.29, 1.82) is 0 Å². The summed E-state index contributed by atoms with van der Waals surface area (Å²) in [6, 6.07) is 23.0. The van der Waals surface area contributed by atoms with Crippen molar-refractivity contribution in [1.82, 2.24) is 4.90 Å². The van der Waals surface area contributed by atoms with E-state index < -0.39 is 0 Å². The molecule has 6 heteroatoms. The number of anilines is 2. The molecule has 4 aromatic carbocycles. The van der Waals surface area contributed by atoms with Gasteiger partial charge in [-0.25, -0.2) is 4.90 Å². The van der Waals surface area contributed by atoms with Crippen molar-refractivity contribution in [3.05, 3.63) is 83.9 Å². The standard InChI is InChI=1S/C28H25N3O3/c32-27-22-9-4-8-21-24(29-13-14-30-15-17-34-18-16-30)12-11-23(26(21)22)28(33)31(27)25-10-3-6-19-5-1-2-7-20(19)25/h1-12,29H,13-18H2. The molecule has 0 saturated carbocycles. The molecule has 0 spiro atoms. The van der Waals surface area contributed by atoms with Gasteiger partial charge in [0.05, 0.1) is 18.9 Å². The van der Waals surface area contributed by atoms with E-state index in [1.165, 1.54) is 4.90 Å². The Balaban J connectivity index is 1.36. The van der Waals surface area contributed by atoms with Gasteiger partial charge in [0.25, 0.3) is 11.8 Å². The zero-order chi connectivity index (χ0) is 23.1. The van der Waals surface area contributed by atoms with Gasteiger partial charge in [-0.05, 0) is 29.7 Å². The lowest BCUT2D eigenvalue weighted by Crippen LogP contribution is -2.40. The molecule has 0 aromatic heterocycles. The van der Waals surface area contributed by atoms with Gasteiger partial charge in [0.2, 0.25) is 0 Å². The number of hydrogen-bond acceptors (Lipinski definition) is 5. The van der Waals surface area contributed by atoms with E-state index in [-0.39, 0.29) is 11.8 Å². The lowest BCUT2D eigenvalue weighted by molar-refractivity contribution is 0.0398. The molecular formula is C28H25N3O3. The molecule has 6 rings (SSSR count). The predicted octanol–water partition coefficient (Wildman–Crippen LogP) is 4.54. The minimum atomic E-state index is -0.287. The van der Waals surface area contributed by atoms with Crippen LogP contribution < -0.4 is 10.2 Å². The molecule has 6 nitrogen and oxygen atoms in total. The highest BCUT2D eigenvalue weighted by Gasteiger charge is 2.35. The molecule has 0 atom stereocenters. The van der Waals surface area contributed by atoms with Crippen molar-refractivity contribution < 1.29 is 14.3 Å². The summed E-state index contributed by atoms with van der Waals surface area (Å²) < 4.78 is 5.42. The maximum absolute atomic E-state index is 13.7. The lowest BCUT2D eigenvalue weighted by Gasteiger charge is -2.29. The van der Waals surface area contributed by atoms with E-state index in [2.05, 4.69) is 10.2 Å². The first-order valence-electron chi connectivity index (χ1n) is 11.7. The summed E-state index contributed by atoms with van der Waals surface area (Å²) in [7, 11) is 0. The molecule has 0 aliphatic carbocycles. The molecule has 2 aliphatic rings. The van der Waals surface area contributed by atoms with Crippen molar-refractivity contribution in [2.24, 2.45) is 0 Å². The van der Waals surface area contributed by atoms with Gasteiger partial charge in [-0.15, -0.1) is 0 Å². The lowest BCUT2D eigenvalue weighted by atomic mass is 9.92.